The van der Waals surface area contributed by atoms with Gasteiger partial charge >= 0.3 is 0 Å². The van der Waals surface area contributed by atoms with Crippen LogP contribution in [0, 0.1) is 0 Å². The second-order valence-electron chi connectivity index (χ2n) is 5.91. The van der Waals surface area contributed by atoms with Crippen LogP contribution in [0.15, 0.2) is 0 Å². The van der Waals surface area contributed by atoms with E-state index in [1.165, 1.54) is 6.42 Å². The summed E-state index contributed by atoms with van der Waals surface area (Å²) in [6.07, 6.45) is 5.67. The molecular weight excluding hydrogens is 246 g/mol. The van der Waals surface area contributed by atoms with Crippen LogP contribution in [0.2, 0.25) is 0 Å². The van der Waals surface area contributed by atoms with Crippen LogP contribution in [0.25, 0.3) is 0 Å². The van der Waals surface area contributed by atoms with Gasteiger partial charge < -0.3 is 10.0 Å². The minimum Gasteiger partial charge on any atom is -0.390 e. The number of aliphatic hydroxyl groups is 1. The van der Waals surface area contributed by atoms with E-state index in [2.05, 4.69) is 18.7 Å². The van der Waals surface area contributed by atoms with Crippen molar-refractivity contribution >= 4 is 10.8 Å². The van der Waals surface area contributed by atoms with Crippen molar-refractivity contribution in [2.75, 3.05) is 19.6 Å². The number of fused-ring (bicyclic) bond motifs is 2. The highest BCUT2D eigenvalue weighted by atomic mass is 32.2. The molecule has 18 heavy (non-hydrogen) atoms. The molecule has 2 atom stereocenters. The third kappa shape index (κ3) is 3.14. The van der Waals surface area contributed by atoms with Gasteiger partial charge in [0.15, 0.2) is 0 Å². The van der Waals surface area contributed by atoms with Gasteiger partial charge in [0.1, 0.15) is 0 Å². The van der Waals surface area contributed by atoms with Crippen LogP contribution in [-0.4, -0.2) is 50.0 Å². The van der Waals surface area contributed by atoms with Gasteiger partial charge in [-0.1, -0.05) is 20.3 Å². The Morgan fingerprint density at radius 3 is 2.28 bits per heavy atom. The van der Waals surface area contributed by atoms with Crippen LogP contribution >= 0.6 is 0 Å². The Morgan fingerprint density at radius 2 is 1.78 bits per heavy atom. The molecule has 0 aromatic heterocycles. The van der Waals surface area contributed by atoms with E-state index in [-0.39, 0.29) is 10.5 Å². The molecule has 0 aromatic rings. The maximum Gasteiger partial charge on any atom is 0.0682 e. The van der Waals surface area contributed by atoms with Gasteiger partial charge in [-0.15, -0.1) is 0 Å². The van der Waals surface area contributed by atoms with E-state index >= 15 is 0 Å². The number of nitrogens with zero attached hydrogens (tertiary/aromatic N) is 1. The average molecular weight is 273 g/mol. The molecule has 2 unspecified atom stereocenters. The van der Waals surface area contributed by atoms with Crippen LogP contribution in [0.3, 0.4) is 0 Å². The first-order valence-electron chi connectivity index (χ1n) is 7.42. The third-order valence-electron chi connectivity index (χ3n) is 4.71. The number of rotatable bonds is 5. The first kappa shape index (κ1) is 14.5. The SMILES string of the molecule is CCN(CC)CCC1(O)CC2CCCC(C1)S2=O. The molecule has 2 fully saturated rings. The summed E-state index contributed by atoms with van der Waals surface area (Å²) in [7, 11) is -0.674. The summed E-state index contributed by atoms with van der Waals surface area (Å²) in [6, 6.07) is 0. The lowest BCUT2D eigenvalue weighted by Gasteiger charge is -2.44. The van der Waals surface area contributed by atoms with E-state index in [0.717, 1.165) is 51.7 Å². The molecule has 0 aromatic carbocycles. The largest absolute Gasteiger partial charge is 0.390 e. The van der Waals surface area contributed by atoms with Crippen molar-refractivity contribution in [1.82, 2.24) is 4.90 Å². The fourth-order valence-electron chi connectivity index (χ4n) is 3.49. The lowest BCUT2D eigenvalue weighted by molar-refractivity contribution is -0.00434. The highest BCUT2D eigenvalue weighted by Crippen LogP contribution is 2.40. The maximum atomic E-state index is 12.1. The zero-order valence-electron chi connectivity index (χ0n) is 11.7. The van der Waals surface area contributed by atoms with Gasteiger partial charge in [0, 0.05) is 27.8 Å². The van der Waals surface area contributed by atoms with E-state index in [4.69, 9.17) is 0 Å². The van der Waals surface area contributed by atoms with Crippen molar-refractivity contribution in [2.45, 2.75) is 68.5 Å². The summed E-state index contributed by atoms with van der Waals surface area (Å²) in [4.78, 5) is 2.36. The lowest BCUT2D eigenvalue weighted by atomic mass is 9.83. The van der Waals surface area contributed by atoms with E-state index < -0.39 is 16.4 Å². The molecule has 0 amide bonds. The summed E-state index contributed by atoms with van der Waals surface area (Å²) in [5, 5.41) is 11.3. The summed E-state index contributed by atoms with van der Waals surface area (Å²) in [5.74, 6) is 0. The molecule has 0 radical (unpaired) electrons. The summed E-state index contributed by atoms with van der Waals surface area (Å²) in [5.41, 5.74) is -0.549. The van der Waals surface area contributed by atoms with Crippen LogP contribution < -0.4 is 0 Å². The molecule has 2 aliphatic rings. The van der Waals surface area contributed by atoms with Crippen LogP contribution in [0.1, 0.15) is 52.4 Å². The molecule has 1 N–H and O–H groups in total. The zero-order chi connectivity index (χ0) is 13.2. The highest BCUT2D eigenvalue weighted by Gasteiger charge is 2.45. The fourth-order valence-corrected chi connectivity index (χ4v) is 5.78. The van der Waals surface area contributed by atoms with Crippen molar-refractivity contribution in [1.29, 1.82) is 0 Å². The van der Waals surface area contributed by atoms with E-state index in [9.17, 15) is 9.32 Å². The molecule has 0 saturated carbocycles. The van der Waals surface area contributed by atoms with Gasteiger partial charge in [-0.25, -0.2) is 0 Å². The average Bonchev–Trinajstić information content (AvgIpc) is 2.33. The minimum atomic E-state index is -0.674. The molecule has 2 saturated heterocycles. The monoisotopic (exact) mass is 273 g/mol. The van der Waals surface area contributed by atoms with Gasteiger partial charge in [-0.05, 0) is 45.2 Å². The first-order chi connectivity index (χ1) is 8.58. The van der Waals surface area contributed by atoms with Gasteiger partial charge in [0.25, 0.3) is 0 Å². The molecule has 106 valence electrons. The predicted molar refractivity (Wildman–Crippen MR) is 76.2 cm³/mol. The molecule has 2 bridgehead atoms. The van der Waals surface area contributed by atoms with Gasteiger partial charge in [0.2, 0.25) is 0 Å². The zero-order valence-corrected chi connectivity index (χ0v) is 12.5. The summed E-state index contributed by atoms with van der Waals surface area (Å²) >= 11 is 0. The van der Waals surface area contributed by atoms with Crippen LogP contribution in [0.5, 0.6) is 0 Å². The lowest BCUT2D eigenvalue weighted by Crippen LogP contribution is -2.50. The Balaban J connectivity index is 1.93. The Kier molecular flexibility index (Phi) is 4.84. The smallest absolute Gasteiger partial charge is 0.0682 e. The molecule has 0 spiro atoms. The van der Waals surface area contributed by atoms with Crippen molar-refractivity contribution in [3.63, 3.8) is 0 Å². The van der Waals surface area contributed by atoms with Gasteiger partial charge in [-0.2, -0.15) is 0 Å². The molecule has 2 heterocycles. The molecule has 4 heteroatoms. The maximum absolute atomic E-state index is 12.1. The number of hydrogen-bond donors (Lipinski definition) is 1. The molecule has 2 aliphatic heterocycles. The summed E-state index contributed by atoms with van der Waals surface area (Å²) in [6.45, 7) is 7.39. The van der Waals surface area contributed by atoms with E-state index in [1.807, 2.05) is 0 Å². The van der Waals surface area contributed by atoms with E-state index in [0.29, 0.717) is 0 Å². The van der Waals surface area contributed by atoms with Gasteiger partial charge in [-0.3, -0.25) is 4.21 Å². The Hall–Kier alpha value is 0.0700. The van der Waals surface area contributed by atoms with Crippen LogP contribution in [-0.2, 0) is 10.8 Å². The predicted octanol–water partition coefficient (Wildman–Crippen LogP) is 1.91. The second kappa shape index (κ2) is 6.02. The van der Waals surface area contributed by atoms with Crippen molar-refractivity contribution in [3.05, 3.63) is 0 Å². The molecule has 3 nitrogen and oxygen atoms in total. The Bertz CT molecular complexity index is 288. The van der Waals surface area contributed by atoms with E-state index in [1.54, 1.807) is 0 Å². The number of hydrogen-bond acceptors (Lipinski definition) is 3. The minimum absolute atomic E-state index is 0.263. The fraction of sp³-hybridized carbons (Fsp3) is 1.00. The standard InChI is InChI=1S/C14H27NO2S/c1-3-15(4-2)9-8-14(16)10-12-6-5-7-13(11-14)18(12)17/h12-13,16H,3-11H2,1-2H3. The molecule has 0 aliphatic carbocycles. The third-order valence-corrected chi connectivity index (χ3v) is 6.83. The summed E-state index contributed by atoms with van der Waals surface area (Å²) < 4.78 is 12.1. The normalized spacial score (nSPS) is 40.1. The topological polar surface area (TPSA) is 40.5 Å². The highest BCUT2D eigenvalue weighted by molar-refractivity contribution is 7.86. The quantitative estimate of drug-likeness (QED) is 0.832. The molecule has 2 rings (SSSR count). The van der Waals surface area contributed by atoms with Crippen LogP contribution in [0.4, 0.5) is 0 Å². The Labute approximate surface area is 113 Å². The van der Waals surface area contributed by atoms with Gasteiger partial charge in [0.05, 0.1) is 5.60 Å². The van der Waals surface area contributed by atoms with Crippen molar-refractivity contribution < 1.29 is 9.32 Å². The first-order valence-corrected chi connectivity index (χ1v) is 8.69. The Morgan fingerprint density at radius 1 is 1.22 bits per heavy atom. The molecular formula is C14H27NO2S. The van der Waals surface area contributed by atoms with Crippen molar-refractivity contribution in [3.8, 4) is 0 Å². The second-order valence-corrected chi connectivity index (χ2v) is 7.90. The van der Waals surface area contributed by atoms with Crippen molar-refractivity contribution in [2.24, 2.45) is 0 Å².